The van der Waals surface area contributed by atoms with Gasteiger partial charge in [0.15, 0.2) is 0 Å². The number of nitrogens with one attached hydrogen (secondary N) is 1. The van der Waals surface area contributed by atoms with Crippen molar-refractivity contribution in [1.29, 1.82) is 0 Å². The molecule has 0 saturated carbocycles. The van der Waals surface area contributed by atoms with Crippen LogP contribution in [0.15, 0.2) is 0 Å². The first-order valence-electron chi connectivity index (χ1n) is 5.07. The van der Waals surface area contributed by atoms with Gasteiger partial charge in [0, 0.05) is 0 Å². The van der Waals surface area contributed by atoms with Crippen LogP contribution in [0.1, 0.15) is 39.0 Å². The number of alkyl carbamates (subject to hydrolysis) is 1. The van der Waals surface area contributed by atoms with Crippen molar-refractivity contribution < 1.29 is 14.3 Å². The zero-order chi connectivity index (χ0) is 10.6. The molecule has 81 valence electrons. The van der Waals surface area contributed by atoms with Crippen LogP contribution in [0.4, 0.5) is 4.79 Å². The Balaban J connectivity index is 3.10. The molecule has 0 unspecified atom stereocenters. The number of ether oxygens (including phenoxy) is 1. The number of amides is 1. The van der Waals surface area contributed by atoms with Crippen molar-refractivity contribution in [3.05, 3.63) is 0 Å². The van der Waals surface area contributed by atoms with E-state index < -0.39 is 6.09 Å². The molecule has 4 nitrogen and oxygen atoms in total. The van der Waals surface area contributed by atoms with Gasteiger partial charge in [0.1, 0.15) is 0 Å². The molecule has 0 aromatic heterocycles. The summed E-state index contributed by atoms with van der Waals surface area (Å²) in [5.74, 6) is 0. The first-order valence-corrected chi connectivity index (χ1v) is 5.07. The lowest BCUT2D eigenvalue weighted by Crippen LogP contribution is -2.26. The average molecular weight is 200 g/mol. The summed E-state index contributed by atoms with van der Waals surface area (Å²) in [5, 5.41) is 2.25. The van der Waals surface area contributed by atoms with Gasteiger partial charge < -0.3 is 10.1 Å². The molecule has 1 amide bonds. The summed E-state index contributed by atoms with van der Waals surface area (Å²) >= 11 is 0. The van der Waals surface area contributed by atoms with E-state index in [0.717, 1.165) is 12.8 Å². The largest absolute Gasteiger partial charge is 0.450 e. The van der Waals surface area contributed by atoms with E-state index in [1.54, 1.807) is 6.29 Å². The summed E-state index contributed by atoms with van der Waals surface area (Å²) in [6.07, 6.45) is 6.61. The molecule has 0 aromatic carbocycles. The number of hydrogen-bond donors (Lipinski definition) is 1. The molecule has 0 fully saturated rings. The van der Waals surface area contributed by atoms with Crippen LogP contribution in [-0.4, -0.2) is 25.5 Å². The number of unbranched alkanes of at least 4 members (excludes halogenated alkanes) is 4. The summed E-state index contributed by atoms with van der Waals surface area (Å²) in [6.45, 7) is 2.48. The molecule has 0 atom stereocenters. The minimum absolute atomic E-state index is 0.103. The van der Waals surface area contributed by atoms with Gasteiger partial charge in [-0.15, -0.1) is 0 Å². The molecule has 0 spiro atoms. The zero-order valence-corrected chi connectivity index (χ0v) is 8.67. The van der Waals surface area contributed by atoms with Crippen LogP contribution < -0.4 is 5.32 Å². The average Bonchev–Trinajstić information content (AvgIpc) is 2.20. The Hall–Kier alpha value is -1.06. The maximum Gasteiger partial charge on any atom is 0.407 e. The van der Waals surface area contributed by atoms with Crippen LogP contribution in [0.25, 0.3) is 0 Å². The second-order valence-corrected chi connectivity index (χ2v) is 3.05. The number of rotatable bonds is 8. The predicted octanol–water partition coefficient (Wildman–Crippen LogP) is 1.79. The topological polar surface area (TPSA) is 55.4 Å². The Kier molecular flexibility index (Phi) is 9.26. The number of carbonyl (C=O) groups is 1. The molecule has 0 aromatic rings. The Morgan fingerprint density at radius 1 is 1.29 bits per heavy atom. The Morgan fingerprint density at radius 3 is 2.64 bits per heavy atom. The Labute approximate surface area is 85.0 Å². The van der Waals surface area contributed by atoms with Gasteiger partial charge in [-0.2, -0.15) is 0 Å². The van der Waals surface area contributed by atoms with Crippen LogP contribution in [0.3, 0.4) is 0 Å². The molecule has 1 radical (unpaired) electrons. The molecular formula is C10H18NO3. The highest BCUT2D eigenvalue weighted by molar-refractivity contribution is 5.70. The lowest BCUT2D eigenvalue weighted by atomic mass is 10.2. The smallest absolute Gasteiger partial charge is 0.407 e. The lowest BCUT2D eigenvalue weighted by molar-refractivity contribution is 0.145. The molecule has 14 heavy (non-hydrogen) atoms. The molecular weight excluding hydrogens is 182 g/mol. The SMILES string of the molecule is CCCCCCCOC(=O)NC[C]=O. The monoisotopic (exact) mass is 200 g/mol. The molecule has 0 aliphatic carbocycles. The molecule has 0 aliphatic rings. The quantitative estimate of drug-likeness (QED) is 0.608. The van der Waals surface area contributed by atoms with Crippen molar-refractivity contribution in [2.45, 2.75) is 39.0 Å². The molecule has 1 N–H and O–H groups in total. The zero-order valence-electron chi connectivity index (χ0n) is 8.67. The van der Waals surface area contributed by atoms with Crippen LogP contribution in [0, 0.1) is 0 Å². The van der Waals surface area contributed by atoms with E-state index >= 15 is 0 Å². The van der Waals surface area contributed by atoms with E-state index in [2.05, 4.69) is 12.2 Å². The van der Waals surface area contributed by atoms with Crippen molar-refractivity contribution in [2.24, 2.45) is 0 Å². The van der Waals surface area contributed by atoms with E-state index in [1.165, 1.54) is 19.3 Å². The molecule has 0 aliphatic heterocycles. The summed E-state index contributed by atoms with van der Waals surface area (Å²) in [4.78, 5) is 20.5. The normalized spacial score (nSPS) is 9.50. The minimum atomic E-state index is -0.538. The number of carbonyl (C=O) groups excluding carboxylic acids is 2. The first kappa shape index (κ1) is 12.9. The maximum atomic E-state index is 10.8. The lowest BCUT2D eigenvalue weighted by Gasteiger charge is -2.03. The Morgan fingerprint density at radius 2 is 2.00 bits per heavy atom. The number of hydrogen-bond acceptors (Lipinski definition) is 3. The highest BCUT2D eigenvalue weighted by atomic mass is 16.5. The van der Waals surface area contributed by atoms with Crippen molar-refractivity contribution in [1.82, 2.24) is 5.32 Å². The Bertz CT molecular complexity index is 159. The van der Waals surface area contributed by atoms with E-state index in [0.29, 0.717) is 6.61 Å². The van der Waals surface area contributed by atoms with Gasteiger partial charge >= 0.3 is 6.09 Å². The summed E-state index contributed by atoms with van der Waals surface area (Å²) < 4.78 is 4.80. The molecule has 4 heteroatoms. The highest BCUT2D eigenvalue weighted by Gasteiger charge is 1.99. The van der Waals surface area contributed by atoms with Crippen molar-refractivity contribution in [3.63, 3.8) is 0 Å². The second-order valence-electron chi connectivity index (χ2n) is 3.05. The van der Waals surface area contributed by atoms with Gasteiger partial charge in [0.05, 0.1) is 13.2 Å². The summed E-state index contributed by atoms with van der Waals surface area (Å²) in [7, 11) is 0. The van der Waals surface area contributed by atoms with Gasteiger partial charge in [0.2, 0.25) is 6.29 Å². The first-order chi connectivity index (χ1) is 6.81. The van der Waals surface area contributed by atoms with E-state index in [-0.39, 0.29) is 6.54 Å². The standard InChI is InChI=1S/C10H18NO3/c1-2-3-4-5-6-9-14-10(13)11-7-8-12/h2-7,9H2,1H3,(H,11,13). The third kappa shape index (κ3) is 9.03. The van der Waals surface area contributed by atoms with E-state index in [4.69, 9.17) is 4.74 Å². The van der Waals surface area contributed by atoms with Gasteiger partial charge in [-0.3, -0.25) is 4.79 Å². The fourth-order valence-electron chi connectivity index (χ4n) is 1.03. The molecule has 0 bridgehead atoms. The van der Waals surface area contributed by atoms with Crippen LogP contribution in [-0.2, 0) is 9.53 Å². The maximum absolute atomic E-state index is 10.8. The molecule has 0 rings (SSSR count). The van der Waals surface area contributed by atoms with Crippen LogP contribution in [0.5, 0.6) is 0 Å². The predicted molar refractivity (Wildman–Crippen MR) is 53.8 cm³/mol. The van der Waals surface area contributed by atoms with Gasteiger partial charge in [0.25, 0.3) is 0 Å². The summed E-state index contributed by atoms with van der Waals surface area (Å²) in [5.41, 5.74) is 0. The molecule has 0 saturated heterocycles. The van der Waals surface area contributed by atoms with Crippen molar-refractivity contribution in [2.75, 3.05) is 13.2 Å². The van der Waals surface area contributed by atoms with Crippen LogP contribution in [0.2, 0.25) is 0 Å². The second kappa shape index (κ2) is 10.0. The summed E-state index contributed by atoms with van der Waals surface area (Å²) in [6, 6.07) is 0. The third-order valence-corrected chi connectivity index (χ3v) is 1.79. The third-order valence-electron chi connectivity index (χ3n) is 1.79. The minimum Gasteiger partial charge on any atom is -0.450 e. The van der Waals surface area contributed by atoms with Gasteiger partial charge in [-0.05, 0) is 6.42 Å². The van der Waals surface area contributed by atoms with Gasteiger partial charge in [-0.25, -0.2) is 4.79 Å². The molecule has 0 heterocycles. The van der Waals surface area contributed by atoms with Gasteiger partial charge in [-0.1, -0.05) is 32.6 Å². The van der Waals surface area contributed by atoms with Crippen molar-refractivity contribution >= 4 is 12.4 Å². The van der Waals surface area contributed by atoms with Crippen LogP contribution >= 0.6 is 0 Å². The van der Waals surface area contributed by atoms with E-state index in [1.807, 2.05) is 0 Å². The fourth-order valence-corrected chi connectivity index (χ4v) is 1.03. The van der Waals surface area contributed by atoms with Crippen molar-refractivity contribution in [3.8, 4) is 0 Å². The van der Waals surface area contributed by atoms with E-state index in [9.17, 15) is 9.59 Å². The fraction of sp³-hybridized carbons (Fsp3) is 0.800. The highest BCUT2D eigenvalue weighted by Crippen LogP contribution is 2.02.